The summed E-state index contributed by atoms with van der Waals surface area (Å²) in [5.41, 5.74) is 2.83. The highest BCUT2D eigenvalue weighted by molar-refractivity contribution is 5.97. The molecule has 0 aliphatic carbocycles. The molecule has 19 heavy (non-hydrogen) atoms. The number of rotatable bonds is 5. The number of methoxy groups -OCH3 is 1. The summed E-state index contributed by atoms with van der Waals surface area (Å²) in [5.74, 6) is 0.617. The maximum absolute atomic E-state index is 12.1. The molecule has 0 spiro atoms. The zero-order valence-electron chi connectivity index (χ0n) is 12.2. The molecule has 0 bridgehead atoms. The van der Waals surface area contributed by atoms with Gasteiger partial charge in [-0.05, 0) is 38.0 Å². The molecule has 0 heterocycles. The minimum absolute atomic E-state index is 0.0225. The van der Waals surface area contributed by atoms with E-state index in [-0.39, 0.29) is 24.5 Å². The van der Waals surface area contributed by atoms with Gasteiger partial charge in [-0.15, -0.1) is 0 Å². The van der Waals surface area contributed by atoms with Crippen molar-refractivity contribution >= 4 is 17.4 Å². The second kappa shape index (κ2) is 6.36. The number of anilines is 1. The van der Waals surface area contributed by atoms with Gasteiger partial charge in [0.1, 0.15) is 11.5 Å². The number of hydrogen-bond donors (Lipinski definition) is 0. The molecule has 1 amide bonds. The molecule has 0 aliphatic rings. The summed E-state index contributed by atoms with van der Waals surface area (Å²) in [7, 11) is 3.30. The summed E-state index contributed by atoms with van der Waals surface area (Å²) >= 11 is 0. The van der Waals surface area contributed by atoms with Gasteiger partial charge in [0.2, 0.25) is 5.91 Å². The molecule has 0 fully saturated rings. The average Bonchev–Trinajstić information content (AvgIpc) is 2.34. The first-order valence-electron chi connectivity index (χ1n) is 6.28. The Labute approximate surface area is 114 Å². The lowest BCUT2D eigenvalue weighted by atomic mass is 10.1. The molecule has 0 unspecified atom stereocenters. The molecule has 4 nitrogen and oxygen atoms in total. The van der Waals surface area contributed by atoms with Crippen LogP contribution < -0.4 is 9.64 Å². The number of nitrogens with zero attached hydrogens (tertiary/aromatic N) is 1. The fraction of sp³-hybridized carbons (Fsp3) is 0.467. The van der Waals surface area contributed by atoms with E-state index in [1.54, 1.807) is 19.1 Å². The molecule has 0 atom stereocenters. The van der Waals surface area contributed by atoms with Gasteiger partial charge in [0.25, 0.3) is 0 Å². The van der Waals surface area contributed by atoms with Crippen LogP contribution in [-0.4, -0.2) is 25.8 Å². The molecular formula is C15H21NO3. The molecule has 0 saturated carbocycles. The highest BCUT2D eigenvalue weighted by Gasteiger charge is 2.18. The van der Waals surface area contributed by atoms with E-state index in [1.165, 1.54) is 6.92 Å². The molecule has 0 N–H and O–H groups in total. The largest absolute Gasteiger partial charge is 0.495 e. The first kappa shape index (κ1) is 15.2. The van der Waals surface area contributed by atoms with E-state index in [0.29, 0.717) is 5.75 Å². The smallest absolute Gasteiger partial charge is 0.227 e. The van der Waals surface area contributed by atoms with E-state index < -0.39 is 0 Å². The topological polar surface area (TPSA) is 46.6 Å². The first-order valence-corrected chi connectivity index (χ1v) is 6.28. The molecular weight excluding hydrogens is 242 g/mol. The molecule has 0 aromatic heterocycles. The minimum Gasteiger partial charge on any atom is -0.495 e. The summed E-state index contributed by atoms with van der Waals surface area (Å²) < 4.78 is 5.34. The van der Waals surface area contributed by atoms with Crippen LogP contribution >= 0.6 is 0 Å². The monoisotopic (exact) mass is 263 g/mol. The van der Waals surface area contributed by atoms with E-state index in [9.17, 15) is 9.59 Å². The quantitative estimate of drug-likeness (QED) is 0.820. The molecule has 1 rings (SSSR count). The number of amides is 1. The van der Waals surface area contributed by atoms with Gasteiger partial charge in [0.05, 0.1) is 12.8 Å². The third kappa shape index (κ3) is 3.81. The fourth-order valence-corrected chi connectivity index (χ4v) is 2.08. The summed E-state index contributed by atoms with van der Waals surface area (Å²) in [6.45, 7) is 5.42. The lowest BCUT2D eigenvalue weighted by Crippen LogP contribution is -2.27. The number of ether oxygens (including phenoxy) is 1. The Kier molecular flexibility index (Phi) is 5.10. The highest BCUT2D eigenvalue weighted by Crippen LogP contribution is 2.32. The van der Waals surface area contributed by atoms with Crippen LogP contribution in [0.5, 0.6) is 5.75 Å². The van der Waals surface area contributed by atoms with E-state index in [1.807, 2.05) is 26.0 Å². The van der Waals surface area contributed by atoms with Crippen LogP contribution in [0, 0.1) is 13.8 Å². The second-order valence-electron chi connectivity index (χ2n) is 4.79. The number of carbonyl (C=O) groups is 2. The third-order valence-corrected chi connectivity index (χ3v) is 3.03. The van der Waals surface area contributed by atoms with Crippen LogP contribution in [0.25, 0.3) is 0 Å². The lowest BCUT2D eigenvalue weighted by molar-refractivity contribution is -0.122. The normalized spacial score (nSPS) is 10.2. The fourth-order valence-electron chi connectivity index (χ4n) is 2.08. The summed E-state index contributed by atoms with van der Waals surface area (Å²) in [6.07, 6.45) is 0.499. The molecule has 0 saturated heterocycles. The van der Waals surface area contributed by atoms with Crippen LogP contribution in [0.3, 0.4) is 0 Å². The molecule has 1 aromatic rings. The van der Waals surface area contributed by atoms with Crippen molar-refractivity contribution in [3.8, 4) is 5.75 Å². The SMILES string of the molecule is COc1cc(C)cc(C)c1N(C)C(=O)CCC(C)=O. The van der Waals surface area contributed by atoms with Crippen LogP contribution in [0.1, 0.15) is 30.9 Å². The van der Waals surface area contributed by atoms with Gasteiger partial charge in [-0.2, -0.15) is 0 Å². The predicted molar refractivity (Wildman–Crippen MR) is 75.8 cm³/mol. The summed E-state index contributed by atoms with van der Waals surface area (Å²) in [5, 5.41) is 0. The maximum atomic E-state index is 12.1. The number of ketones is 1. The van der Waals surface area contributed by atoms with Gasteiger partial charge < -0.3 is 14.4 Å². The van der Waals surface area contributed by atoms with Gasteiger partial charge in [0.15, 0.2) is 0 Å². The van der Waals surface area contributed by atoms with Crippen LogP contribution in [0.15, 0.2) is 12.1 Å². The average molecular weight is 263 g/mol. The molecule has 0 aliphatic heterocycles. The van der Waals surface area contributed by atoms with Crippen molar-refractivity contribution in [2.75, 3.05) is 19.1 Å². The van der Waals surface area contributed by atoms with Crippen molar-refractivity contribution in [1.29, 1.82) is 0 Å². The van der Waals surface area contributed by atoms with Crippen LogP contribution in [0.2, 0.25) is 0 Å². The summed E-state index contributed by atoms with van der Waals surface area (Å²) in [6, 6.07) is 3.91. The number of Topliss-reactive ketones (excluding diaryl/α,β-unsaturated/α-hetero) is 1. The Hall–Kier alpha value is -1.84. The third-order valence-electron chi connectivity index (χ3n) is 3.03. The molecule has 104 valence electrons. The van der Waals surface area contributed by atoms with Gasteiger partial charge in [0, 0.05) is 19.9 Å². The number of hydrogen-bond acceptors (Lipinski definition) is 3. The highest BCUT2D eigenvalue weighted by atomic mass is 16.5. The zero-order chi connectivity index (χ0) is 14.6. The molecule has 4 heteroatoms. The zero-order valence-corrected chi connectivity index (χ0v) is 12.2. The van der Waals surface area contributed by atoms with Crippen molar-refractivity contribution in [2.45, 2.75) is 33.6 Å². The van der Waals surface area contributed by atoms with Crippen molar-refractivity contribution in [3.63, 3.8) is 0 Å². The number of aryl methyl sites for hydroxylation is 2. The first-order chi connectivity index (χ1) is 8.86. The van der Waals surface area contributed by atoms with E-state index in [2.05, 4.69) is 0 Å². The van der Waals surface area contributed by atoms with Gasteiger partial charge in [-0.25, -0.2) is 0 Å². The minimum atomic E-state index is -0.0829. The Morgan fingerprint density at radius 1 is 1.21 bits per heavy atom. The van der Waals surface area contributed by atoms with Gasteiger partial charge >= 0.3 is 0 Å². The van der Waals surface area contributed by atoms with Gasteiger partial charge in [-0.1, -0.05) is 6.07 Å². The van der Waals surface area contributed by atoms with E-state index >= 15 is 0 Å². The maximum Gasteiger partial charge on any atom is 0.227 e. The lowest BCUT2D eigenvalue weighted by Gasteiger charge is -2.22. The van der Waals surface area contributed by atoms with Crippen molar-refractivity contribution in [3.05, 3.63) is 23.3 Å². The van der Waals surface area contributed by atoms with Crippen LogP contribution in [0.4, 0.5) is 5.69 Å². The molecule has 1 aromatic carbocycles. The number of carbonyl (C=O) groups excluding carboxylic acids is 2. The van der Waals surface area contributed by atoms with Crippen LogP contribution in [-0.2, 0) is 9.59 Å². The van der Waals surface area contributed by atoms with E-state index in [0.717, 1.165) is 16.8 Å². The Morgan fingerprint density at radius 2 is 1.84 bits per heavy atom. The second-order valence-corrected chi connectivity index (χ2v) is 4.79. The van der Waals surface area contributed by atoms with Gasteiger partial charge in [-0.3, -0.25) is 4.79 Å². The van der Waals surface area contributed by atoms with Crippen molar-refractivity contribution < 1.29 is 14.3 Å². The Bertz CT molecular complexity index is 494. The summed E-state index contributed by atoms with van der Waals surface area (Å²) in [4.78, 5) is 24.6. The predicted octanol–water partition coefficient (Wildman–Crippen LogP) is 2.64. The van der Waals surface area contributed by atoms with E-state index in [4.69, 9.17) is 4.74 Å². The standard InChI is InChI=1S/C15H21NO3/c1-10-8-11(2)15(13(9-10)19-5)16(4)14(18)7-6-12(3)17/h8-9H,6-7H2,1-5H3. The van der Waals surface area contributed by atoms with Crippen molar-refractivity contribution in [2.24, 2.45) is 0 Å². The molecule has 0 radical (unpaired) electrons. The number of benzene rings is 1. The van der Waals surface area contributed by atoms with Crippen molar-refractivity contribution in [1.82, 2.24) is 0 Å². The Balaban J connectivity index is 3.01. The Morgan fingerprint density at radius 3 is 2.37 bits per heavy atom.